The molecule has 0 saturated heterocycles. The molecule has 124 valence electrons. The monoisotopic (exact) mass is 304 g/mol. The predicted octanol–water partition coefficient (Wildman–Crippen LogP) is 3.61. The molecule has 0 aromatic heterocycles. The highest BCUT2D eigenvalue weighted by molar-refractivity contribution is 5.27. The van der Waals surface area contributed by atoms with Gasteiger partial charge < -0.3 is 10.2 Å². The zero-order valence-corrected chi connectivity index (χ0v) is 14.4. The van der Waals surface area contributed by atoms with E-state index in [-0.39, 0.29) is 18.1 Å². The minimum absolute atomic E-state index is 0.151. The molecule has 0 aromatic carbocycles. The smallest absolute Gasteiger partial charge is 0.0618 e. The fourth-order valence-electron chi connectivity index (χ4n) is 8.87. The molecular weight excluding hydrogens is 272 g/mol. The van der Waals surface area contributed by atoms with Crippen LogP contribution in [0.3, 0.4) is 0 Å². The molecule has 22 heavy (non-hydrogen) atoms. The van der Waals surface area contributed by atoms with Crippen LogP contribution in [0.1, 0.15) is 65.7 Å². The molecule has 2 N–H and O–H groups in total. The van der Waals surface area contributed by atoms with Crippen LogP contribution in [0.25, 0.3) is 0 Å². The van der Waals surface area contributed by atoms with Crippen molar-refractivity contribution in [1.29, 1.82) is 0 Å². The average Bonchev–Trinajstić information content (AvgIpc) is 2.94. The molecular formula is C20H32O2. The lowest BCUT2D eigenvalue weighted by Gasteiger charge is -2.66. The molecule has 0 heterocycles. The van der Waals surface area contributed by atoms with Crippen molar-refractivity contribution in [1.82, 2.24) is 0 Å². The van der Waals surface area contributed by atoms with Crippen molar-refractivity contribution in [2.75, 3.05) is 6.61 Å². The van der Waals surface area contributed by atoms with Crippen LogP contribution in [0.5, 0.6) is 0 Å². The Hall–Kier alpha value is -0.0800. The van der Waals surface area contributed by atoms with Crippen LogP contribution in [0.4, 0.5) is 0 Å². The molecule has 0 amide bonds. The third kappa shape index (κ3) is 1.30. The van der Waals surface area contributed by atoms with Gasteiger partial charge in [0.15, 0.2) is 0 Å². The molecule has 6 aliphatic rings. The van der Waals surface area contributed by atoms with Crippen molar-refractivity contribution in [2.24, 2.45) is 45.3 Å². The summed E-state index contributed by atoms with van der Waals surface area (Å²) in [4.78, 5) is 0. The number of aliphatic hydroxyl groups is 2. The first-order valence-corrected chi connectivity index (χ1v) is 9.59. The van der Waals surface area contributed by atoms with E-state index in [9.17, 15) is 10.2 Å². The highest BCUT2D eigenvalue weighted by Gasteiger charge is 2.78. The summed E-state index contributed by atoms with van der Waals surface area (Å²) in [6.45, 7) is 7.40. The zero-order valence-electron chi connectivity index (χ0n) is 14.4. The first kappa shape index (κ1) is 14.3. The van der Waals surface area contributed by atoms with Crippen LogP contribution in [-0.4, -0.2) is 22.9 Å². The van der Waals surface area contributed by atoms with E-state index in [0.29, 0.717) is 22.2 Å². The average molecular weight is 304 g/mol. The highest BCUT2D eigenvalue weighted by atomic mass is 16.3. The number of hydrogen-bond donors (Lipinski definition) is 2. The Labute approximate surface area is 134 Å². The normalized spacial score (nSPS) is 68.3. The molecule has 6 rings (SSSR count). The second kappa shape index (κ2) is 3.77. The summed E-state index contributed by atoms with van der Waals surface area (Å²) in [5, 5.41) is 20.7. The van der Waals surface area contributed by atoms with Gasteiger partial charge in [0.1, 0.15) is 0 Å². The summed E-state index contributed by atoms with van der Waals surface area (Å²) in [5.74, 6) is 3.41. The summed E-state index contributed by atoms with van der Waals surface area (Å²) in [7, 11) is 0. The van der Waals surface area contributed by atoms with Gasteiger partial charge in [-0.15, -0.1) is 0 Å². The molecule has 0 radical (unpaired) electrons. The van der Waals surface area contributed by atoms with Gasteiger partial charge in [-0.1, -0.05) is 20.8 Å². The van der Waals surface area contributed by atoms with Gasteiger partial charge in [-0.3, -0.25) is 0 Å². The van der Waals surface area contributed by atoms with Crippen molar-refractivity contribution in [2.45, 2.75) is 71.8 Å². The Kier molecular flexibility index (Phi) is 2.45. The van der Waals surface area contributed by atoms with Gasteiger partial charge in [-0.05, 0) is 84.9 Å². The summed E-state index contributed by atoms with van der Waals surface area (Å²) >= 11 is 0. The lowest BCUT2D eigenvalue weighted by Crippen LogP contribution is -2.62. The Balaban J connectivity index is 1.55. The Morgan fingerprint density at radius 3 is 2.36 bits per heavy atom. The van der Waals surface area contributed by atoms with Gasteiger partial charge in [-0.2, -0.15) is 0 Å². The van der Waals surface area contributed by atoms with Gasteiger partial charge in [-0.25, -0.2) is 0 Å². The van der Waals surface area contributed by atoms with Gasteiger partial charge >= 0.3 is 0 Å². The molecule has 2 heteroatoms. The molecule has 6 fully saturated rings. The SMILES string of the molecule is C[C@@]1(CO)[C@H]2CCC34CC5[C@H](C[C@H]3[C@]2(C)CC[C@H]1O)[C@]5(C)C4. The van der Waals surface area contributed by atoms with E-state index in [4.69, 9.17) is 0 Å². The van der Waals surface area contributed by atoms with E-state index in [0.717, 1.165) is 24.2 Å². The molecule has 2 nitrogen and oxygen atoms in total. The topological polar surface area (TPSA) is 40.5 Å². The maximum Gasteiger partial charge on any atom is 0.0618 e. The van der Waals surface area contributed by atoms with Gasteiger partial charge in [0.25, 0.3) is 0 Å². The lowest BCUT2D eigenvalue weighted by molar-refractivity contribution is -0.205. The van der Waals surface area contributed by atoms with Crippen LogP contribution in [0, 0.1) is 45.3 Å². The lowest BCUT2D eigenvalue weighted by atomic mass is 9.39. The Morgan fingerprint density at radius 1 is 0.955 bits per heavy atom. The van der Waals surface area contributed by atoms with Crippen LogP contribution in [-0.2, 0) is 0 Å². The quantitative estimate of drug-likeness (QED) is 0.777. The van der Waals surface area contributed by atoms with E-state index < -0.39 is 0 Å². The summed E-state index contributed by atoms with van der Waals surface area (Å²) < 4.78 is 0. The largest absolute Gasteiger partial charge is 0.396 e. The number of hydrogen-bond acceptors (Lipinski definition) is 2. The molecule has 9 atom stereocenters. The minimum atomic E-state index is -0.312. The standard InChI is InChI=1S/C20H32O2/c1-17-6-5-16(22)19(3,11-21)14(17)4-7-20-9-13-12(8-15(17)20)18(13,2)10-20/h12-16,21-22H,4-11H2,1-3H3/t12-,13?,14-,15-,16+,17+,18-,19+,20?/m0/s1. The maximum atomic E-state index is 10.6. The second-order valence-electron chi connectivity index (χ2n) is 10.6. The molecule has 2 unspecified atom stereocenters. The van der Waals surface area contributed by atoms with Crippen LogP contribution in [0.2, 0.25) is 0 Å². The predicted molar refractivity (Wildman–Crippen MR) is 86.1 cm³/mol. The summed E-state index contributed by atoms with van der Waals surface area (Å²) in [6.07, 6.45) is 8.78. The minimum Gasteiger partial charge on any atom is -0.396 e. The van der Waals surface area contributed by atoms with E-state index in [1.54, 1.807) is 0 Å². The summed E-state index contributed by atoms with van der Waals surface area (Å²) in [5.41, 5.74) is 1.40. The number of aliphatic hydroxyl groups excluding tert-OH is 2. The van der Waals surface area contributed by atoms with Crippen molar-refractivity contribution < 1.29 is 10.2 Å². The van der Waals surface area contributed by atoms with Crippen molar-refractivity contribution in [3.8, 4) is 0 Å². The number of fused-ring (bicyclic) bond motifs is 1. The third-order valence-corrected chi connectivity index (χ3v) is 10.0. The van der Waals surface area contributed by atoms with E-state index >= 15 is 0 Å². The maximum absolute atomic E-state index is 10.6. The molecule has 4 bridgehead atoms. The number of rotatable bonds is 1. The van der Waals surface area contributed by atoms with Crippen molar-refractivity contribution in [3.05, 3.63) is 0 Å². The van der Waals surface area contributed by atoms with Crippen LogP contribution in [0.15, 0.2) is 0 Å². The van der Waals surface area contributed by atoms with Crippen molar-refractivity contribution in [3.63, 3.8) is 0 Å². The Morgan fingerprint density at radius 2 is 1.73 bits per heavy atom. The molecule has 1 spiro atoms. The van der Waals surface area contributed by atoms with Crippen LogP contribution < -0.4 is 0 Å². The highest BCUT2D eigenvalue weighted by Crippen LogP contribution is 2.85. The van der Waals surface area contributed by atoms with Gasteiger partial charge in [0, 0.05) is 5.41 Å². The summed E-state index contributed by atoms with van der Waals surface area (Å²) in [6, 6.07) is 0. The van der Waals surface area contributed by atoms with Crippen molar-refractivity contribution >= 4 is 0 Å². The molecule has 6 saturated carbocycles. The second-order valence-corrected chi connectivity index (χ2v) is 10.6. The zero-order chi connectivity index (χ0) is 15.5. The molecule has 6 aliphatic carbocycles. The van der Waals surface area contributed by atoms with E-state index in [2.05, 4.69) is 20.8 Å². The Bertz CT molecular complexity index is 532. The van der Waals surface area contributed by atoms with E-state index in [1.165, 1.54) is 38.5 Å². The van der Waals surface area contributed by atoms with E-state index in [1.807, 2.05) is 0 Å². The molecule has 0 aliphatic heterocycles. The van der Waals surface area contributed by atoms with Gasteiger partial charge in [0.2, 0.25) is 0 Å². The molecule has 0 aromatic rings. The van der Waals surface area contributed by atoms with Crippen LogP contribution >= 0.6 is 0 Å². The fraction of sp³-hybridized carbons (Fsp3) is 1.00. The first-order valence-electron chi connectivity index (χ1n) is 9.59. The third-order valence-electron chi connectivity index (χ3n) is 10.0. The van der Waals surface area contributed by atoms with Gasteiger partial charge in [0.05, 0.1) is 12.7 Å². The first-order chi connectivity index (χ1) is 10.3. The fourth-order valence-corrected chi connectivity index (χ4v) is 8.87.